The van der Waals surface area contributed by atoms with Crippen molar-refractivity contribution in [2.45, 2.75) is 12.5 Å². The molecule has 6 heteroatoms. The van der Waals surface area contributed by atoms with Gasteiger partial charge in [0.2, 0.25) is 0 Å². The second-order valence-corrected chi connectivity index (χ2v) is 5.53. The molecule has 0 aliphatic carbocycles. The van der Waals surface area contributed by atoms with Gasteiger partial charge in [-0.2, -0.15) is 0 Å². The topological polar surface area (TPSA) is 38.0 Å². The molecular formula is C14H12BrClF2N2. The normalized spacial score (nSPS) is 12.4. The van der Waals surface area contributed by atoms with Crippen LogP contribution in [0.5, 0.6) is 0 Å². The van der Waals surface area contributed by atoms with Crippen LogP contribution in [0.4, 0.5) is 8.78 Å². The molecule has 2 rings (SSSR count). The molecule has 0 heterocycles. The molecule has 1 unspecified atom stereocenters. The Bertz CT molecular complexity index is 622. The Morgan fingerprint density at radius 1 is 1.25 bits per heavy atom. The third-order valence-electron chi connectivity index (χ3n) is 2.99. The minimum Gasteiger partial charge on any atom is -0.271 e. The summed E-state index contributed by atoms with van der Waals surface area (Å²) in [5.41, 5.74) is 3.54. The number of nitrogens with two attached hydrogens (primary N) is 1. The van der Waals surface area contributed by atoms with Crippen LogP contribution in [0.3, 0.4) is 0 Å². The van der Waals surface area contributed by atoms with E-state index >= 15 is 0 Å². The minimum atomic E-state index is -0.488. The van der Waals surface area contributed by atoms with E-state index in [1.165, 1.54) is 0 Å². The van der Waals surface area contributed by atoms with Crippen LogP contribution in [-0.2, 0) is 6.42 Å². The number of benzene rings is 2. The summed E-state index contributed by atoms with van der Waals surface area (Å²) in [7, 11) is 0. The predicted octanol–water partition coefficient (Wildman–Crippen LogP) is 4.13. The fourth-order valence-corrected chi connectivity index (χ4v) is 2.61. The summed E-state index contributed by atoms with van der Waals surface area (Å²) in [5.74, 6) is 4.56. The largest absolute Gasteiger partial charge is 0.271 e. The molecule has 2 nitrogen and oxygen atoms in total. The number of hydrazine groups is 1. The highest BCUT2D eigenvalue weighted by atomic mass is 79.9. The fraction of sp³-hybridized carbons (Fsp3) is 0.143. The van der Waals surface area contributed by atoms with Gasteiger partial charge in [-0.3, -0.25) is 11.3 Å². The first-order chi connectivity index (χ1) is 9.52. The van der Waals surface area contributed by atoms with Crippen molar-refractivity contribution >= 4 is 27.5 Å². The highest BCUT2D eigenvalue weighted by Gasteiger charge is 2.17. The molecule has 0 aliphatic rings. The summed E-state index contributed by atoms with van der Waals surface area (Å²) < 4.78 is 27.6. The van der Waals surface area contributed by atoms with Gasteiger partial charge in [-0.05, 0) is 57.7 Å². The predicted molar refractivity (Wildman–Crippen MR) is 79.3 cm³/mol. The maximum Gasteiger partial charge on any atom is 0.126 e. The van der Waals surface area contributed by atoms with Crippen LogP contribution in [0.1, 0.15) is 17.2 Å². The lowest BCUT2D eigenvalue weighted by molar-refractivity contribution is 0.523. The summed E-state index contributed by atoms with van der Waals surface area (Å²) in [5, 5.41) is 0.493. The van der Waals surface area contributed by atoms with E-state index in [4.69, 9.17) is 17.4 Å². The van der Waals surface area contributed by atoms with E-state index in [2.05, 4.69) is 21.4 Å². The summed E-state index contributed by atoms with van der Waals surface area (Å²) >= 11 is 9.51. The van der Waals surface area contributed by atoms with E-state index in [1.807, 2.05) is 0 Å². The van der Waals surface area contributed by atoms with Crippen LogP contribution in [0.15, 0.2) is 40.9 Å². The zero-order chi connectivity index (χ0) is 14.7. The second-order valence-electron chi connectivity index (χ2n) is 4.30. The Balaban J connectivity index is 2.34. The zero-order valence-electron chi connectivity index (χ0n) is 10.3. The van der Waals surface area contributed by atoms with Crippen LogP contribution in [0, 0.1) is 11.6 Å². The van der Waals surface area contributed by atoms with Crippen molar-refractivity contribution in [3.05, 3.63) is 68.7 Å². The van der Waals surface area contributed by atoms with Crippen molar-refractivity contribution in [2.75, 3.05) is 0 Å². The van der Waals surface area contributed by atoms with E-state index in [0.29, 0.717) is 10.6 Å². The molecule has 0 amide bonds. The van der Waals surface area contributed by atoms with Gasteiger partial charge in [0.15, 0.2) is 0 Å². The van der Waals surface area contributed by atoms with Crippen molar-refractivity contribution in [1.29, 1.82) is 0 Å². The van der Waals surface area contributed by atoms with Gasteiger partial charge in [-0.15, -0.1) is 0 Å². The Hall–Kier alpha value is -1.01. The Kier molecular flexibility index (Phi) is 5.10. The first-order valence-electron chi connectivity index (χ1n) is 5.87. The van der Waals surface area contributed by atoms with Crippen molar-refractivity contribution in [3.63, 3.8) is 0 Å². The van der Waals surface area contributed by atoms with Gasteiger partial charge < -0.3 is 0 Å². The molecule has 2 aromatic carbocycles. The Morgan fingerprint density at radius 2 is 2.00 bits per heavy atom. The van der Waals surface area contributed by atoms with Crippen molar-refractivity contribution < 1.29 is 8.78 Å². The van der Waals surface area contributed by atoms with E-state index in [0.717, 1.165) is 22.7 Å². The minimum absolute atomic E-state index is 0.191. The SMILES string of the molecule is NNC(Cc1cc(F)ccc1F)c1cccc(Br)c1Cl. The van der Waals surface area contributed by atoms with E-state index in [-0.39, 0.29) is 12.0 Å². The van der Waals surface area contributed by atoms with Gasteiger partial charge >= 0.3 is 0 Å². The average Bonchev–Trinajstić information content (AvgIpc) is 2.43. The van der Waals surface area contributed by atoms with E-state index in [9.17, 15) is 8.78 Å². The van der Waals surface area contributed by atoms with Crippen LogP contribution < -0.4 is 11.3 Å². The number of nitrogens with one attached hydrogen (secondary N) is 1. The summed E-state index contributed by atoms with van der Waals surface area (Å²) in [6.07, 6.45) is 0.191. The lowest BCUT2D eigenvalue weighted by Gasteiger charge is -2.18. The first kappa shape index (κ1) is 15.4. The standard InChI is InChI=1S/C14H12BrClF2N2/c15-11-3-1-2-10(14(11)16)13(20-19)7-8-6-9(17)4-5-12(8)18/h1-6,13,20H,7,19H2. The van der Waals surface area contributed by atoms with Crippen LogP contribution >= 0.6 is 27.5 Å². The van der Waals surface area contributed by atoms with Crippen LogP contribution in [-0.4, -0.2) is 0 Å². The molecule has 0 radical (unpaired) electrons. The van der Waals surface area contributed by atoms with Gasteiger partial charge in [0.1, 0.15) is 11.6 Å². The molecule has 3 N–H and O–H groups in total. The monoisotopic (exact) mass is 360 g/mol. The number of rotatable bonds is 4. The highest BCUT2D eigenvalue weighted by molar-refractivity contribution is 9.10. The fourth-order valence-electron chi connectivity index (χ4n) is 1.97. The Labute approximate surface area is 129 Å². The van der Waals surface area contributed by atoms with E-state index in [1.54, 1.807) is 18.2 Å². The van der Waals surface area contributed by atoms with Gasteiger partial charge in [0, 0.05) is 4.47 Å². The number of hydrogen-bond donors (Lipinski definition) is 2. The molecule has 106 valence electrons. The molecule has 0 aliphatic heterocycles. The molecular weight excluding hydrogens is 350 g/mol. The molecule has 0 fully saturated rings. The van der Waals surface area contributed by atoms with E-state index < -0.39 is 17.7 Å². The quantitative estimate of drug-likeness (QED) is 0.635. The summed E-state index contributed by atoms with van der Waals surface area (Å²) in [6.45, 7) is 0. The lowest BCUT2D eigenvalue weighted by Crippen LogP contribution is -2.30. The zero-order valence-corrected chi connectivity index (χ0v) is 12.7. The average molecular weight is 362 g/mol. The first-order valence-corrected chi connectivity index (χ1v) is 7.04. The van der Waals surface area contributed by atoms with Crippen LogP contribution in [0.2, 0.25) is 5.02 Å². The van der Waals surface area contributed by atoms with Gasteiger partial charge in [-0.1, -0.05) is 23.7 Å². The van der Waals surface area contributed by atoms with Gasteiger partial charge in [0.05, 0.1) is 11.1 Å². The third-order valence-corrected chi connectivity index (χ3v) is 4.30. The molecule has 0 spiro atoms. The van der Waals surface area contributed by atoms with Crippen molar-refractivity contribution in [2.24, 2.45) is 5.84 Å². The second kappa shape index (κ2) is 6.63. The molecule has 0 saturated heterocycles. The molecule has 20 heavy (non-hydrogen) atoms. The number of halogens is 4. The molecule has 0 saturated carbocycles. The summed E-state index contributed by atoms with van der Waals surface area (Å²) in [4.78, 5) is 0. The maximum absolute atomic E-state index is 13.7. The molecule has 1 atom stereocenters. The molecule has 0 bridgehead atoms. The van der Waals surface area contributed by atoms with Crippen LogP contribution in [0.25, 0.3) is 0 Å². The van der Waals surface area contributed by atoms with Crippen molar-refractivity contribution in [3.8, 4) is 0 Å². The summed E-state index contributed by atoms with van der Waals surface area (Å²) in [6, 6.07) is 8.30. The molecule has 2 aromatic rings. The van der Waals surface area contributed by atoms with Crippen molar-refractivity contribution in [1.82, 2.24) is 5.43 Å². The Morgan fingerprint density at radius 3 is 2.70 bits per heavy atom. The maximum atomic E-state index is 13.7. The number of hydrogen-bond acceptors (Lipinski definition) is 2. The van der Waals surface area contributed by atoms with Gasteiger partial charge in [-0.25, -0.2) is 8.78 Å². The lowest BCUT2D eigenvalue weighted by atomic mass is 9.99. The third kappa shape index (κ3) is 3.35. The molecule has 0 aromatic heterocycles. The smallest absolute Gasteiger partial charge is 0.126 e. The highest BCUT2D eigenvalue weighted by Crippen LogP contribution is 2.31. The van der Waals surface area contributed by atoms with Gasteiger partial charge in [0.25, 0.3) is 0 Å².